The predicted octanol–water partition coefficient (Wildman–Crippen LogP) is 5.72. The van der Waals surface area contributed by atoms with E-state index in [1.165, 1.54) is 20.1 Å². The van der Waals surface area contributed by atoms with Gasteiger partial charge in [-0.25, -0.2) is 22.0 Å². The van der Waals surface area contributed by atoms with Crippen molar-refractivity contribution in [2.75, 3.05) is 12.1 Å². The van der Waals surface area contributed by atoms with Crippen molar-refractivity contribution < 1.29 is 31.5 Å². The molecule has 2 aromatic rings. The fourth-order valence-electron chi connectivity index (χ4n) is 2.64. The number of carbonyl (C=O) groups is 1. The van der Waals surface area contributed by atoms with Crippen LogP contribution in [0.25, 0.3) is 6.08 Å². The van der Waals surface area contributed by atoms with E-state index in [2.05, 4.69) is 37.0 Å². The molecule has 0 radical (unpaired) electrons. The molecule has 1 aliphatic heterocycles. The van der Waals surface area contributed by atoms with Crippen LogP contribution in [-0.2, 0) is 4.79 Å². The minimum Gasteiger partial charge on any atom is -0.494 e. The minimum atomic E-state index is -2.32. The van der Waals surface area contributed by atoms with Crippen molar-refractivity contribution in [2.45, 2.75) is 6.92 Å². The number of ether oxygens (including phenoxy) is 1. The van der Waals surface area contributed by atoms with E-state index in [4.69, 9.17) is 4.74 Å². The number of benzene rings is 2. The molecule has 0 fully saturated rings. The molecular weight excluding hydrogens is 531 g/mol. The van der Waals surface area contributed by atoms with Crippen LogP contribution in [0.2, 0.25) is 0 Å². The number of hydrazone groups is 1. The maximum atomic E-state index is 14.1. The van der Waals surface area contributed by atoms with E-state index in [0.717, 1.165) is 0 Å². The topological polar surface area (TPSA) is 41.9 Å². The van der Waals surface area contributed by atoms with E-state index >= 15 is 0 Å². The number of anilines is 1. The number of amides is 1. The van der Waals surface area contributed by atoms with Crippen molar-refractivity contribution in [1.29, 1.82) is 0 Å². The van der Waals surface area contributed by atoms with Gasteiger partial charge in [-0.3, -0.25) is 4.79 Å². The lowest BCUT2D eigenvalue weighted by Crippen LogP contribution is -2.25. The summed E-state index contributed by atoms with van der Waals surface area (Å²) in [4.78, 5) is 12.6. The molecule has 2 aromatic carbocycles. The van der Waals surface area contributed by atoms with E-state index in [9.17, 15) is 26.7 Å². The summed E-state index contributed by atoms with van der Waals surface area (Å²) >= 11 is 6.60. The third-order valence-electron chi connectivity index (χ3n) is 4.00. The third-order valence-corrected chi connectivity index (χ3v) is 5.17. The Labute approximate surface area is 177 Å². The van der Waals surface area contributed by atoms with Gasteiger partial charge in [-0.2, -0.15) is 10.1 Å². The van der Waals surface area contributed by atoms with Crippen LogP contribution >= 0.6 is 31.9 Å². The van der Waals surface area contributed by atoms with Gasteiger partial charge in [0.1, 0.15) is 11.4 Å². The van der Waals surface area contributed by atoms with Crippen molar-refractivity contribution in [3.05, 3.63) is 61.3 Å². The summed E-state index contributed by atoms with van der Waals surface area (Å²) < 4.78 is 74.7. The first-order valence-corrected chi connectivity index (χ1v) is 9.33. The van der Waals surface area contributed by atoms with Crippen LogP contribution in [0, 0.1) is 29.1 Å². The molecular formula is C18H9Br2F5N2O2. The van der Waals surface area contributed by atoms with Crippen LogP contribution < -0.4 is 9.75 Å². The summed E-state index contributed by atoms with van der Waals surface area (Å²) in [5.41, 5.74) is -1.01. The first-order valence-electron chi connectivity index (χ1n) is 7.74. The van der Waals surface area contributed by atoms with Gasteiger partial charge in [-0.15, -0.1) is 0 Å². The van der Waals surface area contributed by atoms with Gasteiger partial charge in [-0.05, 0) is 62.6 Å². The summed E-state index contributed by atoms with van der Waals surface area (Å²) in [7, 11) is 1.46. The molecule has 0 N–H and O–H groups in total. The standard InChI is InChI=1S/C18H9Br2F5N2O2/c1-6-8(3-7-4-9(19)17(29-2)10(20)5-7)18(28)27(26-6)16-14(24)12(22)11(21)13(23)15(16)25/h3-5H,1-2H3/b8-3+. The lowest BCUT2D eigenvalue weighted by Gasteiger charge is -2.15. The molecule has 1 amide bonds. The molecule has 0 unspecified atom stereocenters. The van der Waals surface area contributed by atoms with Crippen LogP contribution in [0.3, 0.4) is 0 Å². The van der Waals surface area contributed by atoms with Gasteiger partial charge in [0.15, 0.2) is 23.3 Å². The van der Waals surface area contributed by atoms with Crippen LogP contribution in [0.4, 0.5) is 27.6 Å². The second-order valence-electron chi connectivity index (χ2n) is 5.80. The molecule has 3 rings (SSSR count). The van der Waals surface area contributed by atoms with Crippen LogP contribution in [0.1, 0.15) is 12.5 Å². The van der Waals surface area contributed by atoms with Crippen molar-refractivity contribution in [3.63, 3.8) is 0 Å². The Morgan fingerprint density at radius 2 is 1.45 bits per heavy atom. The molecule has 0 aliphatic carbocycles. The van der Waals surface area contributed by atoms with Crippen molar-refractivity contribution in [2.24, 2.45) is 5.10 Å². The average Bonchev–Trinajstić information content (AvgIpc) is 2.93. The molecule has 11 heteroatoms. The lowest BCUT2D eigenvalue weighted by molar-refractivity contribution is -0.114. The zero-order valence-electron chi connectivity index (χ0n) is 14.6. The third kappa shape index (κ3) is 3.57. The molecule has 0 aromatic heterocycles. The Morgan fingerprint density at radius 1 is 0.966 bits per heavy atom. The van der Waals surface area contributed by atoms with E-state index in [-0.39, 0.29) is 16.3 Å². The Balaban J connectivity index is 2.09. The molecule has 1 aliphatic rings. The Bertz CT molecular complexity index is 1070. The largest absolute Gasteiger partial charge is 0.494 e. The number of carbonyl (C=O) groups excluding carboxylic acids is 1. The van der Waals surface area contributed by atoms with Crippen LogP contribution in [-0.4, -0.2) is 18.7 Å². The summed E-state index contributed by atoms with van der Waals surface area (Å²) in [6.07, 6.45) is 1.36. The van der Waals surface area contributed by atoms with Crippen LogP contribution in [0.5, 0.6) is 5.75 Å². The molecule has 1 heterocycles. The molecule has 0 spiro atoms. The number of methoxy groups -OCH3 is 1. The Hall–Kier alpha value is -2.27. The van der Waals surface area contributed by atoms with Gasteiger partial charge in [0.05, 0.1) is 27.3 Å². The zero-order chi connectivity index (χ0) is 21.6. The predicted molar refractivity (Wildman–Crippen MR) is 103 cm³/mol. The van der Waals surface area contributed by atoms with Crippen molar-refractivity contribution in [3.8, 4) is 5.75 Å². The van der Waals surface area contributed by atoms with Crippen LogP contribution in [0.15, 0.2) is 31.8 Å². The number of rotatable bonds is 3. The maximum Gasteiger partial charge on any atom is 0.280 e. The summed E-state index contributed by atoms with van der Waals surface area (Å²) in [5, 5.41) is 3.84. The molecule has 0 saturated carbocycles. The Morgan fingerprint density at radius 3 is 1.93 bits per heavy atom. The lowest BCUT2D eigenvalue weighted by atomic mass is 10.1. The highest BCUT2D eigenvalue weighted by molar-refractivity contribution is 9.11. The first-order chi connectivity index (χ1) is 13.6. The van der Waals surface area contributed by atoms with Crippen molar-refractivity contribution in [1.82, 2.24) is 0 Å². The first kappa shape index (κ1) is 21.4. The second kappa shape index (κ2) is 7.86. The highest BCUT2D eigenvalue weighted by Crippen LogP contribution is 2.37. The quantitative estimate of drug-likeness (QED) is 0.217. The Kier molecular flexibility index (Phi) is 5.81. The van der Waals surface area contributed by atoms with Gasteiger partial charge >= 0.3 is 0 Å². The summed E-state index contributed by atoms with van der Waals surface area (Å²) in [6.45, 7) is 1.36. The highest BCUT2D eigenvalue weighted by Gasteiger charge is 2.37. The van der Waals surface area contributed by atoms with Gasteiger partial charge in [-0.1, -0.05) is 0 Å². The van der Waals surface area contributed by atoms with Gasteiger partial charge in [0.2, 0.25) is 5.82 Å². The fourth-order valence-corrected chi connectivity index (χ4v) is 4.19. The van der Waals surface area contributed by atoms with E-state index < -0.39 is 40.7 Å². The van der Waals surface area contributed by atoms with E-state index in [1.807, 2.05) is 0 Å². The minimum absolute atomic E-state index is 0.0296. The number of halogens is 7. The highest BCUT2D eigenvalue weighted by atomic mass is 79.9. The maximum absolute atomic E-state index is 14.1. The normalized spacial score (nSPS) is 15.3. The molecule has 0 saturated heterocycles. The molecule has 0 atom stereocenters. The number of nitrogens with zero attached hydrogens (tertiary/aromatic N) is 2. The summed E-state index contributed by atoms with van der Waals surface area (Å²) in [5.74, 6) is -11.5. The zero-order valence-corrected chi connectivity index (χ0v) is 17.8. The monoisotopic (exact) mass is 538 g/mol. The second-order valence-corrected chi connectivity index (χ2v) is 7.51. The fraction of sp³-hybridized carbons (Fsp3) is 0.111. The van der Waals surface area contributed by atoms with Gasteiger partial charge < -0.3 is 4.74 Å². The van der Waals surface area contributed by atoms with E-state index in [1.54, 1.807) is 12.1 Å². The summed E-state index contributed by atoms with van der Waals surface area (Å²) in [6, 6.07) is 3.22. The molecule has 29 heavy (non-hydrogen) atoms. The molecule has 0 bridgehead atoms. The smallest absolute Gasteiger partial charge is 0.280 e. The SMILES string of the molecule is COc1c(Br)cc(/C=C2/C(=O)N(c3c(F)c(F)c(F)c(F)c3F)N=C2C)cc1Br. The number of hydrogen-bond acceptors (Lipinski definition) is 3. The van der Waals surface area contributed by atoms with Crippen molar-refractivity contribution >= 4 is 55.2 Å². The van der Waals surface area contributed by atoms with Gasteiger partial charge in [0, 0.05) is 0 Å². The van der Waals surface area contributed by atoms with E-state index in [0.29, 0.717) is 20.3 Å². The number of hydrogen-bond donors (Lipinski definition) is 0. The van der Waals surface area contributed by atoms with Gasteiger partial charge in [0.25, 0.3) is 5.91 Å². The average molecular weight is 540 g/mol. The molecule has 152 valence electrons. The molecule has 4 nitrogen and oxygen atoms in total.